The maximum Gasteiger partial charge on any atom is 0.253 e. The van der Waals surface area contributed by atoms with E-state index in [1.165, 1.54) is 0 Å². The van der Waals surface area contributed by atoms with Crippen molar-refractivity contribution >= 4 is 36.4 Å². The molecule has 1 fully saturated rings. The number of nitrogens with one attached hydrogen (secondary N) is 1. The van der Waals surface area contributed by atoms with E-state index in [-0.39, 0.29) is 36.3 Å². The Morgan fingerprint density at radius 3 is 2.41 bits per heavy atom. The van der Waals surface area contributed by atoms with Crippen LogP contribution in [-0.4, -0.2) is 50.2 Å². The number of hydrogen-bond acceptors (Lipinski definition) is 4. The number of benzene rings is 1. The van der Waals surface area contributed by atoms with Gasteiger partial charge in [0.25, 0.3) is 5.91 Å². The number of anilines is 1. The molecule has 0 aromatic heterocycles. The molecule has 5 nitrogen and oxygen atoms in total. The Hall–Kier alpha value is -1.01. The Balaban J connectivity index is 0.00000220. The van der Waals surface area contributed by atoms with E-state index >= 15 is 0 Å². The van der Waals surface area contributed by atoms with Crippen molar-refractivity contribution in [2.45, 2.75) is 18.4 Å². The number of nitrogens with zero attached hydrogens (tertiary/aromatic N) is 1. The third kappa shape index (κ3) is 4.74. The Labute approximate surface area is 144 Å². The summed E-state index contributed by atoms with van der Waals surface area (Å²) in [7, 11) is 4.10. The summed E-state index contributed by atoms with van der Waals surface area (Å²) in [6.07, 6.45) is 1.84. The zero-order chi connectivity index (χ0) is 14.6. The smallest absolute Gasteiger partial charge is 0.253 e. The predicted octanol–water partition coefficient (Wildman–Crippen LogP) is 1.95. The number of nitrogen functional groups attached to an aromatic ring is 1. The molecule has 3 N–H and O–H groups in total. The molecule has 2 rings (SSSR count). The lowest BCUT2D eigenvalue weighted by Crippen LogP contribution is -2.55. The lowest BCUT2D eigenvalue weighted by atomic mass is 9.88. The van der Waals surface area contributed by atoms with Gasteiger partial charge in [-0.2, -0.15) is 0 Å². The number of para-hydroxylation sites is 1. The first kappa shape index (κ1) is 21.0. The van der Waals surface area contributed by atoms with E-state index in [9.17, 15) is 4.79 Å². The number of rotatable bonds is 4. The maximum absolute atomic E-state index is 12.2. The molecular weight excluding hydrogens is 325 g/mol. The largest absolute Gasteiger partial charge is 0.398 e. The molecule has 1 saturated heterocycles. The van der Waals surface area contributed by atoms with Crippen LogP contribution in [0.1, 0.15) is 23.2 Å². The first-order chi connectivity index (χ1) is 9.55. The molecule has 1 aromatic rings. The minimum Gasteiger partial charge on any atom is -0.398 e. The van der Waals surface area contributed by atoms with Crippen molar-refractivity contribution in [2.24, 2.45) is 0 Å². The van der Waals surface area contributed by atoms with Crippen LogP contribution in [0.3, 0.4) is 0 Å². The molecule has 1 heterocycles. The summed E-state index contributed by atoms with van der Waals surface area (Å²) in [5.41, 5.74) is 6.85. The molecule has 0 bridgehead atoms. The topological polar surface area (TPSA) is 67.6 Å². The molecule has 1 aliphatic heterocycles. The van der Waals surface area contributed by atoms with Crippen LogP contribution in [-0.2, 0) is 4.74 Å². The van der Waals surface area contributed by atoms with E-state index in [4.69, 9.17) is 10.5 Å². The van der Waals surface area contributed by atoms with Gasteiger partial charge in [0.05, 0.1) is 5.56 Å². The molecule has 0 radical (unpaired) electrons. The number of carbonyl (C=O) groups excluding carboxylic acids is 1. The first-order valence-electron chi connectivity index (χ1n) is 6.93. The summed E-state index contributed by atoms with van der Waals surface area (Å²) >= 11 is 0. The average molecular weight is 350 g/mol. The zero-order valence-electron chi connectivity index (χ0n) is 13.0. The van der Waals surface area contributed by atoms with Crippen LogP contribution in [0.4, 0.5) is 5.69 Å². The molecule has 0 aliphatic carbocycles. The van der Waals surface area contributed by atoms with Gasteiger partial charge in [-0.15, -0.1) is 24.8 Å². The number of hydrogen-bond donors (Lipinski definition) is 2. The number of likely N-dealkylation sites (N-methyl/N-ethyl adjacent to an activating group) is 1. The molecule has 0 spiro atoms. The fourth-order valence-corrected chi connectivity index (χ4v) is 2.58. The fraction of sp³-hybridized carbons (Fsp3) is 0.533. The highest BCUT2D eigenvalue weighted by Crippen LogP contribution is 2.25. The summed E-state index contributed by atoms with van der Waals surface area (Å²) in [4.78, 5) is 14.4. The van der Waals surface area contributed by atoms with Gasteiger partial charge in [-0.3, -0.25) is 4.79 Å². The first-order valence-corrected chi connectivity index (χ1v) is 6.93. The monoisotopic (exact) mass is 349 g/mol. The SMILES string of the molecule is CN(C)C1(CNC(=O)c2ccccc2N)CCOCC1.Cl.Cl. The zero-order valence-corrected chi connectivity index (χ0v) is 14.6. The standard InChI is InChI=1S/C15H23N3O2.2ClH/c1-18(2)15(7-9-20-10-8-15)11-17-14(19)12-5-3-4-6-13(12)16;;/h3-6H,7-11,16H2,1-2H3,(H,17,19);2*1H. The van der Waals surface area contributed by atoms with Crippen LogP contribution in [0.25, 0.3) is 0 Å². The van der Waals surface area contributed by atoms with Crippen molar-refractivity contribution in [2.75, 3.05) is 39.6 Å². The fourth-order valence-electron chi connectivity index (χ4n) is 2.58. The van der Waals surface area contributed by atoms with E-state index in [0.29, 0.717) is 17.8 Å². The molecule has 0 atom stereocenters. The Morgan fingerprint density at radius 2 is 1.86 bits per heavy atom. The van der Waals surface area contributed by atoms with Crippen LogP contribution in [0.15, 0.2) is 24.3 Å². The van der Waals surface area contributed by atoms with Crippen molar-refractivity contribution in [1.29, 1.82) is 0 Å². The van der Waals surface area contributed by atoms with E-state index < -0.39 is 0 Å². The predicted molar refractivity (Wildman–Crippen MR) is 94.2 cm³/mol. The second-order valence-corrected chi connectivity index (χ2v) is 5.50. The van der Waals surface area contributed by atoms with Gasteiger partial charge < -0.3 is 20.7 Å². The van der Waals surface area contributed by atoms with Crippen LogP contribution in [0, 0.1) is 0 Å². The maximum atomic E-state index is 12.2. The third-order valence-electron chi connectivity index (χ3n) is 4.16. The van der Waals surface area contributed by atoms with Crippen molar-refractivity contribution in [1.82, 2.24) is 10.2 Å². The van der Waals surface area contributed by atoms with Crippen LogP contribution < -0.4 is 11.1 Å². The summed E-state index contributed by atoms with van der Waals surface area (Å²) < 4.78 is 5.43. The van der Waals surface area contributed by atoms with E-state index in [0.717, 1.165) is 26.1 Å². The van der Waals surface area contributed by atoms with Gasteiger partial charge in [-0.05, 0) is 39.1 Å². The summed E-state index contributed by atoms with van der Waals surface area (Å²) in [6, 6.07) is 7.13. The highest BCUT2D eigenvalue weighted by molar-refractivity contribution is 5.99. The summed E-state index contributed by atoms with van der Waals surface area (Å²) in [5.74, 6) is -0.115. The number of carbonyl (C=O) groups is 1. The minimum absolute atomic E-state index is 0. The second-order valence-electron chi connectivity index (χ2n) is 5.50. The second kappa shape index (κ2) is 9.20. The number of nitrogens with two attached hydrogens (primary N) is 1. The molecule has 1 amide bonds. The molecule has 1 aromatic carbocycles. The average Bonchev–Trinajstić information content (AvgIpc) is 2.46. The van der Waals surface area contributed by atoms with Gasteiger partial charge in [-0.1, -0.05) is 12.1 Å². The van der Waals surface area contributed by atoms with Crippen molar-refractivity contribution in [3.63, 3.8) is 0 Å². The summed E-state index contributed by atoms with van der Waals surface area (Å²) in [6.45, 7) is 2.08. The lowest BCUT2D eigenvalue weighted by molar-refractivity contribution is -0.00657. The molecule has 0 saturated carbocycles. The summed E-state index contributed by atoms with van der Waals surface area (Å²) in [5, 5.41) is 3.02. The third-order valence-corrected chi connectivity index (χ3v) is 4.16. The quantitative estimate of drug-likeness (QED) is 0.815. The highest BCUT2D eigenvalue weighted by Gasteiger charge is 2.35. The molecule has 7 heteroatoms. The molecule has 22 heavy (non-hydrogen) atoms. The van der Waals surface area contributed by atoms with E-state index in [2.05, 4.69) is 10.2 Å². The van der Waals surface area contributed by atoms with Gasteiger partial charge in [-0.25, -0.2) is 0 Å². The Morgan fingerprint density at radius 1 is 1.27 bits per heavy atom. The molecule has 1 aliphatic rings. The van der Waals surface area contributed by atoms with Gasteiger partial charge in [0.15, 0.2) is 0 Å². The molecular formula is C15H25Cl2N3O2. The van der Waals surface area contributed by atoms with Crippen LogP contribution in [0.2, 0.25) is 0 Å². The minimum atomic E-state index is -0.115. The number of amides is 1. The van der Waals surface area contributed by atoms with Gasteiger partial charge in [0.2, 0.25) is 0 Å². The lowest BCUT2D eigenvalue weighted by Gasteiger charge is -2.42. The van der Waals surface area contributed by atoms with Crippen molar-refractivity contribution in [3.8, 4) is 0 Å². The molecule has 126 valence electrons. The Kier molecular flexibility index (Phi) is 8.78. The van der Waals surface area contributed by atoms with E-state index in [1.807, 2.05) is 26.2 Å². The number of halogens is 2. The van der Waals surface area contributed by atoms with Crippen LogP contribution >= 0.6 is 24.8 Å². The highest BCUT2D eigenvalue weighted by atomic mass is 35.5. The van der Waals surface area contributed by atoms with Crippen molar-refractivity contribution < 1.29 is 9.53 Å². The van der Waals surface area contributed by atoms with Gasteiger partial charge in [0, 0.05) is 31.0 Å². The molecule has 0 unspecified atom stereocenters. The van der Waals surface area contributed by atoms with Gasteiger partial charge in [0.1, 0.15) is 0 Å². The Bertz CT molecular complexity index is 478. The van der Waals surface area contributed by atoms with Crippen LogP contribution in [0.5, 0.6) is 0 Å². The van der Waals surface area contributed by atoms with Gasteiger partial charge >= 0.3 is 0 Å². The van der Waals surface area contributed by atoms with Crippen molar-refractivity contribution in [3.05, 3.63) is 29.8 Å². The normalized spacial score (nSPS) is 16.3. The number of ether oxygens (including phenoxy) is 1. The van der Waals surface area contributed by atoms with E-state index in [1.54, 1.807) is 12.1 Å².